The Morgan fingerprint density at radius 1 is 0.728 bits per heavy atom. The van der Waals surface area contributed by atoms with Crippen LogP contribution in [-0.4, -0.2) is 157 Å². The van der Waals surface area contributed by atoms with Crippen LogP contribution in [-0.2, 0) is 66.4 Å². The molecule has 27 nitrogen and oxygen atoms in total. The van der Waals surface area contributed by atoms with Gasteiger partial charge in [-0.3, -0.25) is 29.0 Å². The number of allylic oxidation sites excluding steroid dienone is 2. The molecular weight excluding hydrogens is 1200 g/mol. The smallest absolute Gasteiger partial charge is 0.485 e. The Labute approximate surface area is 468 Å². The van der Waals surface area contributed by atoms with E-state index in [1.807, 2.05) is 72.0 Å². The highest BCUT2D eigenvalue weighted by Gasteiger charge is 2.56. The second-order valence-corrected chi connectivity index (χ2v) is 21.8. The number of anilines is 2. The minimum atomic E-state index is -6.09. The van der Waals surface area contributed by atoms with Crippen molar-refractivity contribution in [2.45, 2.75) is 62.8 Å². The molecule has 4 amide bonds. The zero-order valence-electron chi connectivity index (χ0n) is 41.7. The number of nitrogens with one attached hydrogen (secondary N) is 2. The second kappa shape index (κ2) is 26.6. The highest BCUT2D eigenvalue weighted by atomic mass is 32.2. The number of carbonyl (C=O) groups excluding carboxylic acids is 5. The Balaban J connectivity index is 0.000000238. The first-order valence-electron chi connectivity index (χ1n) is 22.1. The van der Waals surface area contributed by atoms with Gasteiger partial charge in [-0.25, -0.2) is 37.1 Å². The van der Waals surface area contributed by atoms with E-state index in [9.17, 15) is 65.3 Å². The summed E-state index contributed by atoms with van der Waals surface area (Å²) in [6.45, 7) is 4.59. The lowest BCUT2D eigenvalue weighted by Gasteiger charge is -2.49. The van der Waals surface area contributed by atoms with Crippen LogP contribution < -0.4 is 36.3 Å². The standard InChI is InChI=1S/2C20H20N6O5S2.C2HF3O2.CHF3O3S/c2*1-10-3-5-25(6-4-10)7-13-16(19(29)30)26-12(9-32-13)15(18(26)28)23-17(27)14(24-31-2)11-8-33-20(21)22-11;3-2(4,5)1(6)7;2-1(3,4)8(5,6)7/h2*3-6,8,12,15H,7,9H2,1-2H3,(H3-,21,22,23,27,29,30);(H,6,7);(H,5,6,7). The Hall–Kier alpha value is -7.94. The number of hydrogen-bond donors (Lipinski definition) is 6. The van der Waals surface area contributed by atoms with E-state index >= 15 is 0 Å². The second-order valence-electron chi connectivity index (χ2n) is 16.4. The molecule has 2 saturated heterocycles. The molecule has 0 saturated carbocycles. The minimum Gasteiger partial charge on any atom is -0.741 e. The van der Waals surface area contributed by atoms with Gasteiger partial charge in [0.25, 0.3) is 23.6 Å². The van der Waals surface area contributed by atoms with Crippen molar-refractivity contribution < 1.29 is 107 Å². The van der Waals surface area contributed by atoms with Crippen LogP contribution in [0.5, 0.6) is 0 Å². The maximum absolute atomic E-state index is 12.9. The summed E-state index contributed by atoms with van der Waals surface area (Å²) in [5.74, 6) is -6.81. The largest absolute Gasteiger partial charge is 0.741 e. The number of aryl methyl sites for hydroxylation is 2. The van der Waals surface area contributed by atoms with Gasteiger partial charge in [-0.2, -0.15) is 26.3 Å². The molecule has 81 heavy (non-hydrogen) atoms. The number of carboxylic acid groups (broad SMARTS) is 3. The van der Waals surface area contributed by atoms with E-state index in [-0.39, 0.29) is 44.5 Å². The number of nitrogens with two attached hydrogens (primary N) is 2. The van der Waals surface area contributed by atoms with Gasteiger partial charge >= 0.3 is 23.6 Å². The molecule has 4 aromatic rings. The molecular formula is C43H42F6N12O15S5. The number of thiazole rings is 2. The fourth-order valence-electron chi connectivity index (χ4n) is 7.17. The molecule has 0 radical (unpaired) electrons. The van der Waals surface area contributed by atoms with Gasteiger partial charge in [-0.1, -0.05) is 10.3 Å². The summed E-state index contributed by atoms with van der Waals surface area (Å²) >= 11 is 5.00. The third kappa shape index (κ3) is 15.9. The number of hydrogen-bond acceptors (Lipinski definition) is 23. The number of β-lactam (4-membered cyclic amide) rings is 2. The van der Waals surface area contributed by atoms with Gasteiger partial charge in [-0.15, -0.1) is 46.2 Å². The number of alkyl halides is 6. The maximum Gasteiger partial charge on any atom is 0.485 e. The van der Waals surface area contributed by atoms with Gasteiger partial charge in [0.15, 0.2) is 69.7 Å². The lowest BCUT2D eigenvalue weighted by atomic mass is 9.94. The van der Waals surface area contributed by atoms with Gasteiger partial charge in [0.1, 0.15) is 55.1 Å². The van der Waals surface area contributed by atoms with Gasteiger partial charge < -0.3 is 56.4 Å². The van der Waals surface area contributed by atoms with Crippen LogP contribution in [0.1, 0.15) is 22.5 Å². The molecule has 0 bridgehead atoms. The average molecular weight is 1240 g/mol. The molecule has 4 aliphatic heterocycles. The molecule has 4 unspecified atom stereocenters. The summed E-state index contributed by atoms with van der Waals surface area (Å²) in [5.41, 5.74) is 7.89. The highest BCUT2D eigenvalue weighted by molar-refractivity contribution is 8.03. The first kappa shape index (κ1) is 63.9. The summed E-state index contributed by atoms with van der Waals surface area (Å²) in [7, 11) is -3.52. The van der Waals surface area contributed by atoms with Crippen LogP contribution in [0.15, 0.2) is 91.3 Å². The number of thioether (sulfide) groups is 2. The van der Waals surface area contributed by atoms with Crippen molar-refractivity contribution in [1.82, 2.24) is 30.4 Å². The van der Waals surface area contributed by atoms with Crippen LogP contribution in [0.3, 0.4) is 0 Å². The third-order valence-corrected chi connectivity index (χ3v) is 15.2. The van der Waals surface area contributed by atoms with E-state index in [0.717, 1.165) is 33.8 Å². The van der Waals surface area contributed by atoms with Crippen LogP contribution >= 0.6 is 46.2 Å². The lowest BCUT2D eigenvalue weighted by molar-refractivity contribution is -0.688. The van der Waals surface area contributed by atoms with Crippen LogP contribution in [0.2, 0.25) is 0 Å². The summed E-state index contributed by atoms with van der Waals surface area (Å²) in [4.78, 5) is 105. The molecule has 8 heterocycles. The molecule has 4 aliphatic rings. The number of rotatable bonds is 14. The van der Waals surface area contributed by atoms with Crippen molar-refractivity contribution in [2.75, 3.05) is 37.2 Å². The van der Waals surface area contributed by atoms with Crippen LogP contribution in [0.4, 0.5) is 36.6 Å². The predicted octanol–water partition coefficient (Wildman–Crippen LogP) is -0.429. The average Bonchev–Trinajstić information content (AvgIpc) is 4.12. The fourth-order valence-corrected chi connectivity index (χ4v) is 10.8. The zero-order chi connectivity index (χ0) is 60.5. The van der Waals surface area contributed by atoms with E-state index in [1.165, 1.54) is 47.5 Å². The number of pyridine rings is 2. The number of halogens is 6. The van der Waals surface area contributed by atoms with E-state index in [0.29, 0.717) is 34.4 Å². The summed E-state index contributed by atoms with van der Waals surface area (Å²) in [6.07, 6.45) is 2.24. The molecule has 0 aromatic carbocycles. The number of aromatic nitrogens is 4. The van der Waals surface area contributed by atoms with E-state index in [2.05, 4.69) is 30.9 Å². The molecule has 2 fully saturated rings. The molecule has 8 rings (SSSR count). The van der Waals surface area contributed by atoms with Gasteiger partial charge in [0.2, 0.25) is 0 Å². The van der Waals surface area contributed by atoms with Crippen molar-refractivity contribution >= 4 is 120 Å². The number of nitrogens with zero attached hydrogens (tertiary/aromatic N) is 8. The quantitative estimate of drug-likeness (QED) is 0.0177. The summed E-state index contributed by atoms with van der Waals surface area (Å²) in [6, 6.07) is 4.94. The van der Waals surface area contributed by atoms with Crippen molar-refractivity contribution in [1.29, 1.82) is 0 Å². The topological polar surface area (TPSA) is 400 Å². The normalized spacial score (nSPS) is 18.9. The Kier molecular flexibility index (Phi) is 20.9. The maximum atomic E-state index is 12.9. The van der Waals surface area contributed by atoms with Crippen molar-refractivity contribution in [2.24, 2.45) is 10.3 Å². The first-order chi connectivity index (χ1) is 37.8. The molecule has 38 heteroatoms. The molecule has 4 atom stereocenters. The minimum absolute atomic E-state index is 0.0575. The zero-order valence-corrected chi connectivity index (χ0v) is 45.7. The molecule has 4 aromatic heterocycles. The van der Waals surface area contributed by atoms with E-state index < -0.39 is 87.5 Å². The van der Waals surface area contributed by atoms with Gasteiger partial charge in [0, 0.05) is 46.5 Å². The van der Waals surface area contributed by atoms with Crippen LogP contribution in [0.25, 0.3) is 0 Å². The Morgan fingerprint density at radius 3 is 1.30 bits per heavy atom. The number of aliphatic carboxylic acids is 3. The fraction of sp³-hybridized carbons (Fsp3) is 0.326. The molecule has 436 valence electrons. The van der Waals surface area contributed by atoms with Gasteiger partial charge in [0.05, 0.1) is 21.9 Å². The SMILES string of the molecule is CON=C(C(=O)NC1C(=O)N2C(C(=O)O)=C(C[n+]3ccc(C)cc3)SCC12)c1csc(N)n1.CON=C(C(=O)NC1C(=O)N2C(C(=O)O)=C(C[n+]3ccc(C)cc3)SCC12)c1csc(N)n1.O=C([O-])C(F)(F)F.O=S(=O)([O-])C(F)(F)F. The lowest BCUT2D eigenvalue weighted by Crippen LogP contribution is -2.73. The monoisotopic (exact) mass is 1240 g/mol. The Morgan fingerprint density at radius 2 is 1.05 bits per heavy atom. The Bertz CT molecular complexity index is 3140. The number of carboxylic acids is 3. The van der Waals surface area contributed by atoms with Gasteiger partial charge in [-0.05, 0) is 25.0 Å². The third-order valence-electron chi connectivity index (χ3n) is 10.9. The molecule has 0 spiro atoms. The number of oxime groups is 2. The number of amides is 4. The number of carbonyl (C=O) groups is 7. The van der Waals surface area contributed by atoms with Crippen molar-refractivity contribution in [3.05, 3.63) is 104 Å². The van der Waals surface area contributed by atoms with Crippen molar-refractivity contribution in [3.63, 3.8) is 0 Å². The van der Waals surface area contributed by atoms with E-state index in [1.54, 1.807) is 10.8 Å². The molecule has 0 aliphatic carbocycles. The highest BCUT2D eigenvalue weighted by Crippen LogP contribution is 2.40. The number of fused-ring (bicyclic) bond motifs is 2. The molecule has 8 N–H and O–H groups in total. The summed E-state index contributed by atoms with van der Waals surface area (Å²) in [5, 5.41) is 44.8. The number of nitrogen functional groups attached to an aromatic ring is 2. The predicted molar refractivity (Wildman–Crippen MR) is 269 cm³/mol. The van der Waals surface area contributed by atoms with Crippen molar-refractivity contribution in [3.8, 4) is 0 Å². The van der Waals surface area contributed by atoms with Crippen LogP contribution in [0, 0.1) is 13.8 Å². The summed E-state index contributed by atoms with van der Waals surface area (Å²) < 4.78 is 94.2. The van der Waals surface area contributed by atoms with E-state index in [4.69, 9.17) is 44.0 Å². The first-order valence-corrected chi connectivity index (χ1v) is 27.3.